The van der Waals surface area contributed by atoms with Crippen molar-refractivity contribution >= 4 is 17.6 Å². The van der Waals surface area contributed by atoms with E-state index >= 15 is 0 Å². The van der Waals surface area contributed by atoms with Crippen molar-refractivity contribution in [2.45, 2.75) is 6.61 Å². The predicted molar refractivity (Wildman–Crippen MR) is 82.5 cm³/mol. The average molecular weight is 317 g/mol. The van der Waals surface area contributed by atoms with Crippen molar-refractivity contribution in [3.8, 4) is 5.88 Å². The fraction of sp³-hybridized carbons (Fsp3) is 0.200. The molecule has 8 heteroatoms. The molecule has 0 saturated heterocycles. The van der Waals surface area contributed by atoms with E-state index in [1.165, 1.54) is 26.3 Å². The first-order valence-electron chi connectivity index (χ1n) is 6.66. The van der Waals surface area contributed by atoms with Gasteiger partial charge in [0.2, 0.25) is 0 Å². The summed E-state index contributed by atoms with van der Waals surface area (Å²) in [6.07, 6.45) is -0.628. The second-order valence-corrected chi connectivity index (χ2v) is 4.55. The fourth-order valence-corrected chi connectivity index (χ4v) is 1.81. The summed E-state index contributed by atoms with van der Waals surface area (Å²) >= 11 is 0. The summed E-state index contributed by atoms with van der Waals surface area (Å²) < 4.78 is 10.0. The Hall–Kier alpha value is -3.16. The zero-order chi connectivity index (χ0) is 16.8. The number of hydrogen-bond acceptors (Lipinski definition) is 6. The second-order valence-electron chi connectivity index (χ2n) is 4.55. The summed E-state index contributed by atoms with van der Waals surface area (Å²) in [5.74, 6) is 0.0146. The van der Waals surface area contributed by atoms with Gasteiger partial charge in [-0.15, -0.1) is 0 Å². The third-order valence-corrected chi connectivity index (χ3v) is 3.04. The van der Waals surface area contributed by atoms with E-state index in [1.807, 2.05) is 30.3 Å². The molecule has 1 amide bonds. The number of methoxy groups -OCH3 is 1. The van der Waals surface area contributed by atoms with Gasteiger partial charge in [0.15, 0.2) is 0 Å². The number of hydrogen-bond donors (Lipinski definition) is 0. The van der Waals surface area contributed by atoms with E-state index in [2.05, 4.69) is 4.98 Å². The van der Waals surface area contributed by atoms with Crippen molar-refractivity contribution in [1.29, 1.82) is 0 Å². The lowest BCUT2D eigenvalue weighted by Gasteiger charge is -2.16. The van der Waals surface area contributed by atoms with Crippen LogP contribution < -0.4 is 9.64 Å². The Morgan fingerprint density at radius 3 is 2.57 bits per heavy atom. The number of pyridine rings is 1. The van der Waals surface area contributed by atoms with Gasteiger partial charge in [-0.05, 0) is 11.6 Å². The Kier molecular flexibility index (Phi) is 5.08. The van der Waals surface area contributed by atoms with E-state index in [1.54, 1.807) is 0 Å². The molecular formula is C15H15N3O5. The van der Waals surface area contributed by atoms with Crippen LogP contribution in [0.3, 0.4) is 0 Å². The summed E-state index contributed by atoms with van der Waals surface area (Å²) in [4.78, 5) is 27.3. The van der Waals surface area contributed by atoms with Gasteiger partial charge < -0.3 is 9.47 Å². The largest absolute Gasteiger partial charge is 0.476 e. The molecule has 2 aromatic rings. The van der Waals surface area contributed by atoms with Crippen LogP contribution in [0.1, 0.15) is 5.56 Å². The lowest BCUT2D eigenvalue weighted by atomic mass is 10.2. The zero-order valence-corrected chi connectivity index (χ0v) is 12.6. The van der Waals surface area contributed by atoms with Gasteiger partial charge in [-0.25, -0.2) is 4.79 Å². The number of carbonyl (C=O) groups excluding carboxylic acids is 1. The zero-order valence-electron chi connectivity index (χ0n) is 12.6. The van der Waals surface area contributed by atoms with Crippen LogP contribution in [0.2, 0.25) is 0 Å². The van der Waals surface area contributed by atoms with Gasteiger partial charge in [0.1, 0.15) is 12.4 Å². The molecule has 0 aliphatic carbocycles. The molecule has 0 bridgehead atoms. The maximum atomic E-state index is 12.0. The van der Waals surface area contributed by atoms with Crippen LogP contribution in [0, 0.1) is 10.1 Å². The maximum Gasteiger partial charge on any atom is 0.415 e. The van der Waals surface area contributed by atoms with Crippen molar-refractivity contribution in [1.82, 2.24) is 4.98 Å². The quantitative estimate of drug-likeness (QED) is 0.621. The number of carbonyl (C=O) groups is 1. The number of ether oxygens (including phenoxy) is 2. The number of nitro groups is 1. The Bertz CT molecular complexity index is 706. The molecular weight excluding hydrogens is 302 g/mol. The van der Waals surface area contributed by atoms with Crippen molar-refractivity contribution < 1.29 is 19.2 Å². The predicted octanol–water partition coefficient (Wildman–Crippen LogP) is 2.77. The summed E-state index contributed by atoms with van der Waals surface area (Å²) in [6, 6.07) is 11.8. The van der Waals surface area contributed by atoms with Crippen molar-refractivity contribution in [3.63, 3.8) is 0 Å². The average Bonchev–Trinajstić information content (AvgIpc) is 2.59. The van der Waals surface area contributed by atoms with Crippen LogP contribution >= 0.6 is 0 Å². The van der Waals surface area contributed by atoms with E-state index in [-0.39, 0.29) is 24.0 Å². The number of nitrogens with zero attached hydrogens (tertiary/aromatic N) is 3. The molecule has 0 aliphatic heterocycles. The molecule has 0 radical (unpaired) electrons. The molecule has 0 saturated carbocycles. The minimum Gasteiger partial charge on any atom is -0.476 e. The highest BCUT2D eigenvalue weighted by molar-refractivity contribution is 5.86. The minimum atomic E-state index is -0.628. The highest BCUT2D eigenvalue weighted by Gasteiger charge is 2.21. The van der Waals surface area contributed by atoms with Crippen LogP contribution in [0.4, 0.5) is 16.3 Å². The lowest BCUT2D eigenvalue weighted by molar-refractivity contribution is -0.386. The van der Waals surface area contributed by atoms with Gasteiger partial charge in [-0.1, -0.05) is 30.3 Å². The van der Waals surface area contributed by atoms with E-state index < -0.39 is 11.0 Å². The van der Waals surface area contributed by atoms with E-state index in [0.29, 0.717) is 0 Å². The minimum absolute atomic E-state index is 0.119. The lowest BCUT2D eigenvalue weighted by Crippen LogP contribution is -2.27. The number of aromatic nitrogens is 1. The first-order chi connectivity index (χ1) is 11.0. The molecule has 1 heterocycles. The SMILES string of the molecule is COc1nc(N(C)C(=O)OCc2ccccc2)ccc1[N+](=O)[O-]. The molecule has 1 aromatic heterocycles. The summed E-state index contributed by atoms with van der Waals surface area (Å²) in [5.41, 5.74) is 0.575. The van der Waals surface area contributed by atoms with Gasteiger partial charge in [0.05, 0.1) is 12.0 Å². The number of anilines is 1. The summed E-state index contributed by atoms with van der Waals surface area (Å²) in [7, 11) is 2.73. The second kappa shape index (κ2) is 7.21. The van der Waals surface area contributed by atoms with Crippen molar-refractivity contribution in [3.05, 3.63) is 58.1 Å². The fourth-order valence-electron chi connectivity index (χ4n) is 1.81. The standard InChI is InChI=1S/C15H15N3O5/c1-17(15(19)23-10-11-6-4-3-5-7-11)13-9-8-12(18(20)21)14(16-13)22-2/h3-9H,10H2,1-2H3. The smallest absolute Gasteiger partial charge is 0.415 e. The van der Waals surface area contributed by atoms with E-state index in [0.717, 1.165) is 10.5 Å². The van der Waals surface area contributed by atoms with Crippen LogP contribution in [0.5, 0.6) is 5.88 Å². The van der Waals surface area contributed by atoms with Gasteiger partial charge in [0, 0.05) is 13.1 Å². The van der Waals surface area contributed by atoms with Crippen molar-refractivity contribution in [2.75, 3.05) is 19.1 Å². The first-order valence-corrected chi connectivity index (χ1v) is 6.66. The normalized spacial score (nSPS) is 10.0. The summed E-state index contributed by atoms with van der Waals surface area (Å²) in [5, 5.41) is 10.8. The molecule has 0 unspecified atom stereocenters. The van der Waals surface area contributed by atoms with Gasteiger partial charge in [-0.2, -0.15) is 4.98 Å². The maximum absolute atomic E-state index is 12.0. The topological polar surface area (TPSA) is 94.8 Å². The third kappa shape index (κ3) is 3.94. The highest BCUT2D eigenvalue weighted by atomic mass is 16.6. The first kappa shape index (κ1) is 16.2. The monoisotopic (exact) mass is 317 g/mol. The van der Waals surface area contributed by atoms with E-state index in [9.17, 15) is 14.9 Å². The van der Waals surface area contributed by atoms with Gasteiger partial charge in [-0.3, -0.25) is 15.0 Å². The van der Waals surface area contributed by atoms with Crippen LogP contribution in [-0.2, 0) is 11.3 Å². The molecule has 120 valence electrons. The van der Waals surface area contributed by atoms with Crippen LogP contribution in [0.25, 0.3) is 0 Å². The van der Waals surface area contributed by atoms with E-state index in [4.69, 9.17) is 9.47 Å². The molecule has 8 nitrogen and oxygen atoms in total. The molecule has 0 atom stereocenters. The molecule has 0 N–H and O–H groups in total. The highest BCUT2D eigenvalue weighted by Crippen LogP contribution is 2.27. The summed E-state index contributed by atoms with van der Waals surface area (Å²) in [6.45, 7) is 0.119. The molecule has 0 spiro atoms. The van der Waals surface area contributed by atoms with Crippen LogP contribution in [0.15, 0.2) is 42.5 Å². The Morgan fingerprint density at radius 1 is 1.26 bits per heavy atom. The number of amides is 1. The number of benzene rings is 1. The van der Waals surface area contributed by atoms with Gasteiger partial charge >= 0.3 is 11.8 Å². The molecule has 0 fully saturated rings. The Labute approximate surface area is 132 Å². The van der Waals surface area contributed by atoms with Gasteiger partial charge in [0.25, 0.3) is 5.88 Å². The Morgan fingerprint density at radius 2 is 1.96 bits per heavy atom. The van der Waals surface area contributed by atoms with Crippen LogP contribution in [-0.4, -0.2) is 30.2 Å². The third-order valence-electron chi connectivity index (χ3n) is 3.04. The molecule has 1 aromatic carbocycles. The molecule has 23 heavy (non-hydrogen) atoms. The van der Waals surface area contributed by atoms with Crippen molar-refractivity contribution in [2.24, 2.45) is 0 Å². The number of rotatable bonds is 5. The Balaban J connectivity index is 2.08. The molecule has 0 aliphatic rings. The molecule has 2 rings (SSSR count).